The lowest BCUT2D eigenvalue weighted by Crippen LogP contribution is -2.35. The molecule has 1 fully saturated rings. The van der Waals surface area contributed by atoms with Crippen LogP contribution in [0.3, 0.4) is 0 Å². The molecular formula is C25H34N6S. The average molecular weight is 451 g/mol. The number of nitrogens with zero attached hydrogens (tertiary/aromatic N) is 4. The lowest BCUT2D eigenvalue weighted by Gasteiger charge is -2.30. The number of aromatic nitrogens is 2. The quantitative estimate of drug-likeness (QED) is 0.382. The topological polar surface area (TPSA) is 65.4 Å². The van der Waals surface area contributed by atoms with Crippen molar-refractivity contribution in [3.63, 3.8) is 0 Å². The van der Waals surface area contributed by atoms with Crippen LogP contribution in [-0.2, 0) is 6.42 Å². The SMILES string of the molecule is C=N/C(=C(\N/C=C\CC)c1ccnc(NC2CCN(SC)CC2)n1)c1cccc(CC)c1. The molecule has 1 saturated heterocycles. The van der Waals surface area contributed by atoms with Gasteiger partial charge in [-0.15, -0.1) is 0 Å². The summed E-state index contributed by atoms with van der Waals surface area (Å²) in [6.45, 7) is 10.3. The molecule has 1 aromatic carbocycles. The van der Waals surface area contributed by atoms with E-state index < -0.39 is 0 Å². The van der Waals surface area contributed by atoms with Crippen LogP contribution < -0.4 is 10.6 Å². The molecule has 1 aromatic heterocycles. The zero-order chi connectivity index (χ0) is 22.8. The molecule has 0 bridgehead atoms. The molecule has 170 valence electrons. The molecule has 6 nitrogen and oxygen atoms in total. The third kappa shape index (κ3) is 6.43. The molecule has 0 radical (unpaired) electrons. The largest absolute Gasteiger partial charge is 0.358 e. The minimum atomic E-state index is 0.382. The maximum absolute atomic E-state index is 4.84. The second-order valence-corrected chi connectivity index (χ2v) is 8.57. The third-order valence-electron chi connectivity index (χ3n) is 5.54. The van der Waals surface area contributed by atoms with E-state index >= 15 is 0 Å². The van der Waals surface area contributed by atoms with Crippen LogP contribution in [0.4, 0.5) is 5.95 Å². The number of aliphatic imine (C=N–C) groups is 1. The highest BCUT2D eigenvalue weighted by atomic mass is 32.2. The Morgan fingerprint density at radius 2 is 2.09 bits per heavy atom. The number of benzene rings is 1. The summed E-state index contributed by atoms with van der Waals surface area (Å²) in [5.74, 6) is 0.648. The van der Waals surface area contributed by atoms with Gasteiger partial charge >= 0.3 is 0 Å². The Kier molecular flexibility index (Phi) is 9.31. The van der Waals surface area contributed by atoms with Gasteiger partial charge in [-0.3, -0.25) is 9.30 Å². The van der Waals surface area contributed by atoms with Crippen LogP contribution >= 0.6 is 11.9 Å². The number of hydrogen-bond donors (Lipinski definition) is 2. The molecule has 1 aliphatic rings. The highest BCUT2D eigenvalue weighted by Gasteiger charge is 2.20. The van der Waals surface area contributed by atoms with Crippen LogP contribution in [0.25, 0.3) is 11.4 Å². The fourth-order valence-corrected chi connectivity index (χ4v) is 4.29. The van der Waals surface area contributed by atoms with Gasteiger partial charge in [0, 0.05) is 30.9 Å². The lowest BCUT2D eigenvalue weighted by molar-refractivity contribution is 0.358. The van der Waals surface area contributed by atoms with E-state index in [9.17, 15) is 0 Å². The van der Waals surface area contributed by atoms with E-state index in [2.05, 4.69) is 82.1 Å². The highest BCUT2D eigenvalue weighted by Crippen LogP contribution is 2.26. The minimum absolute atomic E-state index is 0.382. The first-order chi connectivity index (χ1) is 15.7. The molecule has 3 rings (SSSR count). The first kappa shape index (κ1) is 24.0. The van der Waals surface area contributed by atoms with E-state index in [0.29, 0.717) is 12.0 Å². The van der Waals surface area contributed by atoms with E-state index in [1.165, 1.54) is 5.56 Å². The van der Waals surface area contributed by atoms with E-state index in [1.807, 2.05) is 24.2 Å². The number of aryl methyl sites for hydroxylation is 1. The van der Waals surface area contributed by atoms with Crippen LogP contribution in [0.15, 0.2) is 53.8 Å². The number of nitrogens with one attached hydrogen (secondary N) is 2. The maximum Gasteiger partial charge on any atom is 0.223 e. The molecule has 2 aromatic rings. The van der Waals surface area contributed by atoms with Crippen LogP contribution in [0, 0.1) is 0 Å². The number of anilines is 1. The molecule has 0 spiro atoms. The van der Waals surface area contributed by atoms with Crippen molar-refractivity contribution in [2.45, 2.75) is 45.6 Å². The summed E-state index contributed by atoms with van der Waals surface area (Å²) in [6.07, 6.45) is 12.0. The number of hydrogen-bond acceptors (Lipinski definition) is 7. The van der Waals surface area contributed by atoms with Gasteiger partial charge < -0.3 is 10.6 Å². The van der Waals surface area contributed by atoms with Gasteiger partial charge in [-0.1, -0.05) is 50.1 Å². The fourth-order valence-electron chi connectivity index (χ4n) is 3.71. The van der Waals surface area contributed by atoms with Crippen LogP contribution in [0.5, 0.6) is 0 Å². The Hall–Kier alpha value is -2.64. The lowest BCUT2D eigenvalue weighted by atomic mass is 10.0. The van der Waals surface area contributed by atoms with Crippen molar-refractivity contribution in [1.82, 2.24) is 19.6 Å². The Balaban J connectivity index is 1.93. The molecule has 32 heavy (non-hydrogen) atoms. The van der Waals surface area contributed by atoms with Gasteiger partial charge in [0.2, 0.25) is 5.95 Å². The molecule has 0 aliphatic carbocycles. The Morgan fingerprint density at radius 3 is 2.78 bits per heavy atom. The smallest absolute Gasteiger partial charge is 0.223 e. The van der Waals surface area contributed by atoms with Crippen molar-refractivity contribution in [3.8, 4) is 0 Å². The van der Waals surface area contributed by atoms with E-state index in [0.717, 1.165) is 61.4 Å². The van der Waals surface area contributed by atoms with Gasteiger partial charge in [-0.25, -0.2) is 9.97 Å². The van der Waals surface area contributed by atoms with E-state index in [-0.39, 0.29) is 0 Å². The first-order valence-corrected chi connectivity index (χ1v) is 12.5. The molecule has 2 N–H and O–H groups in total. The summed E-state index contributed by atoms with van der Waals surface area (Å²) in [7, 11) is 0. The van der Waals surface area contributed by atoms with Gasteiger partial charge in [0.1, 0.15) is 0 Å². The van der Waals surface area contributed by atoms with Crippen LogP contribution in [-0.4, -0.2) is 46.4 Å². The molecule has 7 heteroatoms. The van der Waals surface area contributed by atoms with Crippen molar-refractivity contribution >= 4 is 36.0 Å². The summed E-state index contributed by atoms with van der Waals surface area (Å²) < 4.78 is 2.40. The number of piperidine rings is 1. The fraction of sp³-hybridized carbons (Fsp3) is 0.400. The second kappa shape index (κ2) is 12.4. The second-order valence-electron chi connectivity index (χ2n) is 7.69. The van der Waals surface area contributed by atoms with Crippen molar-refractivity contribution < 1.29 is 0 Å². The Labute approximate surface area is 196 Å². The standard InChI is InChI=1S/C25H34N6S/c1-5-7-14-27-24(23(26-3)20-10-8-9-19(6-2)18-20)22-11-15-28-25(30-22)29-21-12-16-31(32-4)17-13-21/h7-11,14-15,18,21,27H,3,5-6,12-13,16-17H2,1-2,4H3,(H,28,29,30)/b14-7-,24-23-. The zero-order valence-electron chi connectivity index (χ0n) is 19.3. The first-order valence-electron chi connectivity index (χ1n) is 11.3. The van der Waals surface area contributed by atoms with Crippen LogP contribution in [0.1, 0.15) is 49.9 Å². The normalized spacial score (nSPS) is 16.1. The summed E-state index contributed by atoms with van der Waals surface area (Å²) in [6, 6.07) is 10.7. The van der Waals surface area contributed by atoms with Crippen molar-refractivity contribution in [1.29, 1.82) is 0 Å². The molecule has 1 aliphatic heterocycles. The van der Waals surface area contributed by atoms with Crippen molar-refractivity contribution in [3.05, 3.63) is 65.6 Å². The van der Waals surface area contributed by atoms with Gasteiger partial charge in [-0.2, -0.15) is 0 Å². The van der Waals surface area contributed by atoms with E-state index in [1.54, 1.807) is 6.20 Å². The summed E-state index contributed by atoms with van der Waals surface area (Å²) in [5, 5.41) is 6.94. The predicted molar refractivity (Wildman–Crippen MR) is 139 cm³/mol. The number of rotatable bonds is 10. The average Bonchev–Trinajstić information content (AvgIpc) is 2.84. The monoisotopic (exact) mass is 450 g/mol. The van der Waals surface area contributed by atoms with Gasteiger partial charge in [0.25, 0.3) is 0 Å². The molecule has 0 unspecified atom stereocenters. The summed E-state index contributed by atoms with van der Waals surface area (Å²) >= 11 is 1.81. The van der Waals surface area contributed by atoms with Gasteiger partial charge in [0.15, 0.2) is 0 Å². The number of allylic oxidation sites excluding steroid dienone is 1. The zero-order valence-corrected chi connectivity index (χ0v) is 20.2. The van der Waals surface area contributed by atoms with Crippen LogP contribution in [0.2, 0.25) is 0 Å². The molecule has 0 saturated carbocycles. The Bertz CT molecular complexity index is 947. The van der Waals surface area contributed by atoms with Crippen molar-refractivity contribution in [2.75, 3.05) is 24.7 Å². The summed E-state index contributed by atoms with van der Waals surface area (Å²) in [4.78, 5) is 13.7. The van der Waals surface area contributed by atoms with Gasteiger partial charge in [0.05, 0.1) is 17.1 Å². The maximum atomic E-state index is 4.84. The third-order valence-corrected chi connectivity index (χ3v) is 6.42. The minimum Gasteiger partial charge on any atom is -0.358 e. The molecular weight excluding hydrogens is 416 g/mol. The van der Waals surface area contributed by atoms with Gasteiger partial charge in [-0.05, 0) is 62.6 Å². The highest BCUT2D eigenvalue weighted by molar-refractivity contribution is 7.96. The predicted octanol–water partition coefficient (Wildman–Crippen LogP) is 5.23. The Morgan fingerprint density at radius 1 is 1.28 bits per heavy atom. The van der Waals surface area contributed by atoms with Crippen molar-refractivity contribution in [2.24, 2.45) is 4.99 Å². The summed E-state index contributed by atoms with van der Waals surface area (Å²) in [5.41, 5.74) is 4.66. The molecule has 0 amide bonds. The van der Waals surface area contributed by atoms with E-state index in [4.69, 9.17) is 4.98 Å². The molecule has 0 atom stereocenters. The molecule has 2 heterocycles.